The molecule has 33 heavy (non-hydrogen) atoms. The zero-order chi connectivity index (χ0) is 23.5. The Balaban J connectivity index is 1.49. The van der Waals surface area contributed by atoms with E-state index in [2.05, 4.69) is 22.0 Å². The standard InChI is InChI=1S/C25H31FN4O3/c1-4-28-11-13-29(14-12-28)21-10-9-19(26)15-20(21)17(2)27-24(31)16-30-22-7-5-6-8-23(22)33-18(3)25(30)32/h5-10,15,17-18H,4,11-14,16H2,1-3H3,(H,27,31)/t17-,18-/m1/s1. The Hall–Kier alpha value is -3.13. The van der Waals surface area contributed by atoms with Gasteiger partial charge in [-0.15, -0.1) is 0 Å². The number of piperazine rings is 1. The van der Waals surface area contributed by atoms with E-state index in [9.17, 15) is 14.0 Å². The van der Waals surface area contributed by atoms with Crippen molar-refractivity contribution in [2.45, 2.75) is 32.9 Å². The SMILES string of the molecule is CCN1CCN(c2ccc(F)cc2[C@@H](C)NC(=O)CN2C(=O)[C@@H](C)Oc3ccccc32)CC1. The van der Waals surface area contributed by atoms with Crippen LogP contribution in [0.25, 0.3) is 0 Å². The lowest BCUT2D eigenvalue weighted by Gasteiger charge is -2.37. The summed E-state index contributed by atoms with van der Waals surface area (Å²) in [6.45, 7) is 10.1. The maximum Gasteiger partial charge on any atom is 0.268 e. The van der Waals surface area contributed by atoms with Crippen LogP contribution in [0.1, 0.15) is 32.4 Å². The van der Waals surface area contributed by atoms with Crippen molar-refractivity contribution < 1.29 is 18.7 Å². The number of halogens is 1. The van der Waals surface area contributed by atoms with Crippen LogP contribution in [0.4, 0.5) is 15.8 Å². The Bertz CT molecular complexity index is 1020. The van der Waals surface area contributed by atoms with E-state index < -0.39 is 12.1 Å². The molecule has 0 radical (unpaired) electrons. The number of ether oxygens (including phenoxy) is 1. The molecule has 2 aliphatic heterocycles. The first kappa shape index (κ1) is 23.0. The number of carbonyl (C=O) groups excluding carboxylic acids is 2. The van der Waals surface area contributed by atoms with Crippen molar-refractivity contribution in [2.24, 2.45) is 0 Å². The van der Waals surface area contributed by atoms with E-state index >= 15 is 0 Å². The molecule has 0 bridgehead atoms. The first-order valence-electron chi connectivity index (χ1n) is 11.5. The number of likely N-dealkylation sites (N-methyl/N-ethyl adjacent to an activating group) is 1. The number of hydrogen-bond donors (Lipinski definition) is 1. The van der Waals surface area contributed by atoms with Gasteiger partial charge in [0.2, 0.25) is 5.91 Å². The molecule has 2 aliphatic rings. The molecule has 8 heteroatoms. The highest BCUT2D eigenvalue weighted by molar-refractivity contribution is 6.03. The summed E-state index contributed by atoms with van der Waals surface area (Å²) in [6.07, 6.45) is -0.665. The van der Waals surface area contributed by atoms with Crippen molar-refractivity contribution in [1.82, 2.24) is 10.2 Å². The third-order valence-corrected chi connectivity index (χ3v) is 6.37. The van der Waals surface area contributed by atoms with E-state index in [-0.39, 0.29) is 24.2 Å². The summed E-state index contributed by atoms with van der Waals surface area (Å²) in [7, 11) is 0. The molecule has 2 aromatic rings. The maximum atomic E-state index is 14.2. The lowest BCUT2D eigenvalue weighted by molar-refractivity contribution is -0.128. The van der Waals surface area contributed by atoms with Gasteiger partial charge in [0, 0.05) is 37.4 Å². The number of nitrogens with zero attached hydrogens (tertiary/aromatic N) is 3. The fourth-order valence-corrected chi connectivity index (χ4v) is 4.50. The van der Waals surface area contributed by atoms with Gasteiger partial charge in [0.1, 0.15) is 18.1 Å². The number of amides is 2. The van der Waals surface area contributed by atoms with Crippen LogP contribution in [0.2, 0.25) is 0 Å². The van der Waals surface area contributed by atoms with E-state index in [0.29, 0.717) is 11.4 Å². The highest BCUT2D eigenvalue weighted by atomic mass is 19.1. The second-order valence-electron chi connectivity index (χ2n) is 8.57. The van der Waals surface area contributed by atoms with Gasteiger partial charge < -0.3 is 19.9 Å². The normalized spacial score (nSPS) is 19.6. The van der Waals surface area contributed by atoms with Crippen LogP contribution >= 0.6 is 0 Å². The molecule has 0 aromatic heterocycles. The zero-order valence-electron chi connectivity index (χ0n) is 19.4. The van der Waals surface area contributed by atoms with Gasteiger partial charge in [0.25, 0.3) is 5.91 Å². The van der Waals surface area contributed by atoms with Crippen molar-refractivity contribution in [3.8, 4) is 5.75 Å². The summed E-state index contributed by atoms with van der Waals surface area (Å²) in [4.78, 5) is 31.7. The number of hydrogen-bond acceptors (Lipinski definition) is 5. The van der Waals surface area contributed by atoms with Crippen LogP contribution in [-0.2, 0) is 9.59 Å². The van der Waals surface area contributed by atoms with Gasteiger partial charge in [-0.1, -0.05) is 19.1 Å². The minimum atomic E-state index is -0.665. The molecule has 4 rings (SSSR count). The topological polar surface area (TPSA) is 65.1 Å². The Morgan fingerprint density at radius 1 is 1.15 bits per heavy atom. The molecule has 2 aromatic carbocycles. The van der Waals surface area contributed by atoms with Crippen LogP contribution in [0.3, 0.4) is 0 Å². The molecule has 0 spiro atoms. The molecule has 7 nitrogen and oxygen atoms in total. The maximum absolute atomic E-state index is 14.2. The summed E-state index contributed by atoms with van der Waals surface area (Å²) >= 11 is 0. The van der Waals surface area contributed by atoms with E-state index in [4.69, 9.17) is 4.74 Å². The Morgan fingerprint density at radius 3 is 2.61 bits per heavy atom. The number of carbonyl (C=O) groups is 2. The summed E-state index contributed by atoms with van der Waals surface area (Å²) in [5, 5.41) is 2.96. The van der Waals surface area contributed by atoms with Crippen LogP contribution in [0, 0.1) is 5.82 Å². The van der Waals surface area contributed by atoms with Gasteiger partial charge in [0.15, 0.2) is 6.10 Å². The monoisotopic (exact) mass is 454 g/mol. The van der Waals surface area contributed by atoms with Gasteiger partial charge in [0.05, 0.1) is 11.7 Å². The molecule has 2 heterocycles. The van der Waals surface area contributed by atoms with Gasteiger partial charge in [-0.3, -0.25) is 14.5 Å². The number of anilines is 2. The zero-order valence-corrected chi connectivity index (χ0v) is 19.4. The number of benzene rings is 2. The Labute approximate surface area is 194 Å². The molecule has 1 saturated heterocycles. The third-order valence-electron chi connectivity index (χ3n) is 6.37. The Morgan fingerprint density at radius 2 is 1.88 bits per heavy atom. The van der Waals surface area contributed by atoms with Crippen LogP contribution in [-0.4, -0.2) is 62.1 Å². The van der Waals surface area contributed by atoms with E-state index in [1.54, 1.807) is 31.2 Å². The van der Waals surface area contributed by atoms with Crippen LogP contribution < -0.4 is 19.9 Å². The summed E-state index contributed by atoms with van der Waals surface area (Å²) < 4.78 is 19.8. The Kier molecular flexibility index (Phi) is 6.83. The highest BCUT2D eigenvalue weighted by Crippen LogP contribution is 2.33. The number of rotatable bonds is 6. The molecule has 2 amide bonds. The average molecular weight is 455 g/mol. The first-order valence-corrected chi connectivity index (χ1v) is 11.5. The minimum Gasteiger partial charge on any atom is -0.479 e. The largest absolute Gasteiger partial charge is 0.479 e. The summed E-state index contributed by atoms with van der Waals surface area (Å²) in [6, 6.07) is 11.5. The van der Waals surface area contributed by atoms with Crippen LogP contribution in [0.5, 0.6) is 5.75 Å². The van der Waals surface area contributed by atoms with Crippen molar-refractivity contribution in [3.05, 3.63) is 53.8 Å². The van der Waals surface area contributed by atoms with Gasteiger partial charge in [-0.05, 0) is 50.7 Å². The second kappa shape index (κ2) is 9.79. The van der Waals surface area contributed by atoms with Gasteiger partial charge in [-0.25, -0.2) is 4.39 Å². The predicted octanol–water partition coefficient (Wildman–Crippen LogP) is 2.96. The number of para-hydroxylation sites is 2. The fraction of sp³-hybridized carbons (Fsp3) is 0.440. The summed E-state index contributed by atoms with van der Waals surface area (Å²) in [5.74, 6) is -0.347. The van der Waals surface area contributed by atoms with E-state index in [1.807, 2.05) is 13.0 Å². The smallest absolute Gasteiger partial charge is 0.268 e. The third kappa shape index (κ3) is 4.95. The number of nitrogens with one attached hydrogen (secondary N) is 1. The minimum absolute atomic E-state index is 0.131. The van der Waals surface area contributed by atoms with Gasteiger partial charge >= 0.3 is 0 Å². The molecular weight excluding hydrogens is 423 g/mol. The van der Waals surface area contributed by atoms with Crippen molar-refractivity contribution >= 4 is 23.2 Å². The quantitative estimate of drug-likeness (QED) is 0.727. The molecule has 1 fully saturated rings. The van der Waals surface area contributed by atoms with Crippen molar-refractivity contribution in [3.63, 3.8) is 0 Å². The molecule has 176 valence electrons. The van der Waals surface area contributed by atoms with E-state index in [1.165, 1.54) is 17.0 Å². The van der Waals surface area contributed by atoms with Crippen LogP contribution in [0.15, 0.2) is 42.5 Å². The lowest BCUT2D eigenvalue weighted by atomic mass is 10.0. The number of fused-ring (bicyclic) bond motifs is 1. The fourth-order valence-electron chi connectivity index (χ4n) is 4.50. The van der Waals surface area contributed by atoms with Gasteiger partial charge in [-0.2, -0.15) is 0 Å². The van der Waals surface area contributed by atoms with Crippen molar-refractivity contribution in [1.29, 1.82) is 0 Å². The highest BCUT2D eigenvalue weighted by Gasteiger charge is 2.33. The summed E-state index contributed by atoms with van der Waals surface area (Å²) in [5.41, 5.74) is 2.24. The molecular formula is C25H31FN4O3. The average Bonchev–Trinajstić information content (AvgIpc) is 2.82. The molecule has 2 atom stereocenters. The van der Waals surface area contributed by atoms with E-state index in [0.717, 1.165) is 44.0 Å². The molecule has 1 N–H and O–H groups in total. The molecule has 0 saturated carbocycles. The molecule has 0 aliphatic carbocycles. The lowest BCUT2D eigenvalue weighted by Crippen LogP contribution is -2.49. The molecule has 0 unspecified atom stereocenters. The van der Waals surface area contributed by atoms with Crippen molar-refractivity contribution in [2.75, 3.05) is 49.1 Å². The predicted molar refractivity (Wildman–Crippen MR) is 126 cm³/mol. The first-order chi connectivity index (χ1) is 15.9. The second-order valence-corrected chi connectivity index (χ2v) is 8.57.